The minimum atomic E-state index is -0.956. The van der Waals surface area contributed by atoms with Crippen LogP contribution in [0, 0.1) is 11.8 Å². The Kier molecular flexibility index (Phi) is 2.55. The van der Waals surface area contributed by atoms with E-state index in [2.05, 4.69) is 4.98 Å². The molecule has 0 aliphatic carbocycles. The van der Waals surface area contributed by atoms with Crippen molar-refractivity contribution in [3.63, 3.8) is 0 Å². The second-order valence-corrected chi connectivity index (χ2v) is 4.94. The summed E-state index contributed by atoms with van der Waals surface area (Å²) in [4.78, 5) is 30.1. The standard InChI is InChI=1S/C12H14N4O3/c13-10-2-1-8(3-14-10)16-5-7-4-15(12(18)19)6-9(7)11(16)17/h1-3,7,9H,4-6H2,(H2,13,14)(H,18,19)/t7-,9-/m1/s1. The fraction of sp³-hybridized carbons (Fsp3) is 0.417. The van der Waals surface area contributed by atoms with Gasteiger partial charge in [-0.2, -0.15) is 0 Å². The molecule has 1 aromatic heterocycles. The Balaban J connectivity index is 1.78. The summed E-state index contributed by atoms with van der Waals surface area (Å²) in [6.45, 7) is 1.25. The van der Waals surface area contributed by atoms with E-state index < -0.39 is 6.09 Å². The number of anilines is 2. The molecule has 1 aromatic rings. The van der Waals surface area contributed by atoms with Crippen LogP contribution >= 0.6 is 0 Å². The summed E-state index contributed by atoms with van der Waals surface area (Å²) >= 11 is 0. The second-order valence-electron chi connectivity index (χ2n) is 4.94. The van der Waals surface area contributed by atoms with Crippen LogP contribution in [0.3, 0.4) is 0 Å². The highest BCUT2D eigenvalue weighted by molar-refractivity contribution is 5.98. The SMILES string of the molecule is Nc1ccc(N2C[C@H]3CN(C(=O)O)C[C@H]3C2=O)cn1. The highest BCUT2D eigenvalue weighted by Crippen LogP contribution is 2.34. The molecular formula is C12H14N4O3. The molecule has 2 aliphatic rings. The molecular weight excluding hydrogens is 248 g/mol. The first-order valence-corrected chi connectivity index (χ1v) is 6.07. The van der Waals surface area contributed by atoms with Crippen LogP contribution in [-0.4, -0.2) is 46.6 Å². The molecule has 2 atom stereocenters. The van der Waals surface area contributed by atoms with Crippen LogP contribution in [0.15, 0.2) is 18.3 Å². The molecule has 7 nitrogen and oxygen atoms in total. The normalized spacial score (nSPS) is 25.8. The van der Waals surface area contributed by atoms with E-state index in [-0.39, 0.29) is 24.3 Å². The van der Waals surface area contributed by atoms with E-state index in [0.29, 0.717) is 18.9 Å². The van der Waals surface area contributed by atoms with Gasteiger partial charge in [0.1, 0.15) is 5.82 Å². The molecule has 0 spiro atoms. The number of rotatable bonds is 1. The minimum absolute atomic E-state index is 0.0275. The molecule has 2 saturated heterocycles. The van der Waals surface area contributed by atoms with Crippen LogP contribution in [0.1, 0.15) is 0 Å². The molecule has 0 bridgehead atoms. The van der Waals surface area contributed by atoms with Crippen molar-refractivity contribution in [1.29, 1.82) is 0 Å². The van der Waals surface area contributed by atoms with E-state index in [0.717, 1.165) is 5.69 Å². The van der Waals surface area contributed by atoms with E-state index in [1.54, 1.807) is 23.2 Å². The van der Waals surface area contributed by atoms with E-state index >= 15 is 0 Å². The zero-order valence-corrected chi connectivity index (χ0v) is 10.2. The van der Waals surface area contributed by atoms with E-state index in [4.69, 9.17) is 10.8 Å². The van der Waals surface area contributed by atoms with Gasteiger partial charge in [-0.05, 0) is 12.1 Å². The molecule has 2 fully saturated rings. The van der Waals surface area contributed by atoms with Crippen LogP contribution in [0.5, 0.6) is 0 Å². The predicted octanol–water partition coefficient (Wildman–Crippen LogP) is 0.236. The molecule has 100 valence electrons. The highest BCUT2D eigenvalue weighted by atomic mass is 16.4. The smallest absolute Gasteiger partial charge is 0.407 e. The number of pyridine rings is 1. The quantitative estimate of drug-likeness (QED) is 0.755. The maximum atomic E-state index is 12.3. The lowest BCUT2D eigenvalue weighted by Crippen LogP contribution is -2.35. The molecule has 7 heteroatoms. The number of likely N-dealkylation sites (tertiary alicyclic amines) is 1. The van der Waals surface area contributed by atoms with E-state index in [1.807, 2.05) is 0 Å². The van der Waals surface area contributed by atoms with Crippen molar-refractivity contribution < 1.29 is 14.7 Å². The molecule has 0 unspecified atom stereocenters. The van der Waals surface area contributed by atoms with Crippen LogP contribution in [0.2, 0.25) is 0 Å². The number of carbonyl (C=O) groups excluding carboxylic acids is 1. The first-order valence-electron chi connectivity index (χ1n) is 6.07. The van der Waals surface area contributed by atoms with Crippen molar-refractivity contribution in [3.05, 3.63) is 18.3 Å². The summed E-state index contributed by atoms with van der Waals surface area (Å²) in [7, 11) is 0. The Morgan fingerprint density at radius 1 is 1.37 bits per heavy atom. The zero-order chi connectivity index (χ0) is 13.6. The van der Waals surface area contributed by atoms with Crippen LogP contribution in [0.25, 0.3) is 0 Å². The number of carboxylic acid groups (broad SMARTS) is 1. The number of fused-ring (bicyclic) bond motifs is 1. The maximum Gasteiger partial charge on any atom is 0.407 e. The number of amides is 2. The number of nitrogens with zero attached hydrogens (tertiary/aromatic N) is 3. The maximum absolute atomic E-state index is 12.3. The largest absolute Gasteiger partial charge is 0.465 e. The number of aromatic nitrogens is 1. The van der Waals surface area contributed by atoms with Crippen molar-refractivity contribution in [3.8, 4) is 0 Å². The van der Waals surface area contributed by atoms with Crippen molar-refractivity contribution in [1.82, 2.24) is 9.88 Å². The van der Waals surface area contributed by atoms with Gasteiger partial charge in [0.25, 0.3) is 0 Å². The summed E-state index contributed by atoms with van der Waals surface area (Å²) < 4.78 is 0. The lowest BCUT2D eigenvalue weighted by molar-refractivity contribution is -0.120. The van der Waals surface area contributed by atoms with Crippen molar-refractivity contribution in [2.45, 2.75) is 0 Å². The molecule has 0 saturated carbocycles. The number of nitrogens with two attached hydrogens (primary N) is 1. The molecule has 3 heterocycles. The first kappa shape index (κ1) is 11.8. The topological polar surface area (TPSA) is 99.8 Å². The molecule has 0 radical (unpaired) electrons. The number of hydrogen-bond acceptors (Lipinski definition) is 4. The molecule has 19 heavy (non-hydrogen) atoms. The summed E-state index contributed by atoms with van der Waals surface area (Å²) in [5.74, 6) is 0.225. The van der Waals surface area contributed by atoms with Crippen molar-refractivity contribution in [2.75, 3.05) is 30.3 Å². The van der Waals surface area contributed by atoms with Crippen LogP contribution in [0.4, 0.5) is 16.3 Å². The third-order valence-corrected chi connectivity index (χ3v) is 3.79. The summed E-state index contributed by atoms with van der Waals surface area (Å²) in [6, 6.07) is 3.41. The van der Waals surface area contributed by atoms with Gasteiger partial charge in [-0.1, -0.05) is 0 Å². The molecule has 0 aromatic carbocycles. The molecule has 2 amide bonds. The second kappa shape index (κ2) is 4.11. The van der Waals surface area contributed by atoms with Gasteiger partial charge < -0.3 is 20.6 Å². The Morgan fingerprint density at radius 3 is 2.74 bits per heavy atom. The van der Waals surface area contributed by atoms with Gasteiger partial charge in [0.15, 0.2) is 0 Å². The minimum Gasteiger partial charge on any atom is -0.465 e. The van der Waals surface area contributed by atoms with Gasteiger partial charge in [-0.25, -0.2) is 9.78 Å². The summed E-state index contributed by atoms with van der Waals surface area (Å²) in [5, 5.41) is 8.95. The fourth-order valence-corrected chi connectivity index (χ4v) is 2.81. The summed E-state index contributed by atoms with van der Waals surface area (Å²) in [6.07, 6.45) is 0.617. The van der Waals surface area contributed by atoms with Gasteiger partial charge in [0, 0.05) is 25.6 Å². The predicted molar refractivity (Wildman–Crippen MR) is 67.6 cm³/mol. The molecule has 3 rings (SSSR count). The lowest BCUT2D eigenvalue weighted by Gasteiger charge is -2.20. The van der Waals surface area contributed by atoms with Gasteiger partial charge >= 0.3 is 6.09 Å². The molecule has 2 aliphatic heterocycles. The van der Waals surface area contributed by atoms with Gasteiger partial charge in [0.05, 0.1) is 17.8 Å². The lowest BCUT2D eigenvalue weighted by atomic mass is 10.0. The molecule has 3 N–H and O–H groups in total. The van der Waals surface area contributed by atoms with Crippen LogP contribution < -0.4 is 10.6 Å². The van der Waals surface area contributed by atoms with Crippen molar-refractivity contribution >= 4 is 23.5 Å². The Bertz CT molecular complexity index is 530. The number of carbonyl (C=O) groups is 2. The Hall–Kier alpha value is -2.31. The van der Waals surface area contributed by atoms with Gasteiger partial charge in [0.2, 0.25) is 5.91 Å². The van der Waals surface area contributed by atoms with Crippen molar-refractivity contribution in [2.24, 2.45) is 11.8 Å². The fourth-order valence-electron chi connectivity index (χ4n) is 2.81. The van der Waals surface area contributed by atoms with E-state index in [1.165, 1.54) is 4.90 Å². The average molecular weight is 262 g/mol. The Labute approximate surface area is 109 Å². The summed E-state index contributed by atoms with van der Waals surface area (Å²) in [5.41, 5.74) is 6.23. The Morgan fingerprint density at radius 2 is 2.16 bits per heavy atom. The van der Waals surface area contributed by atoms with E-state index in [9.17, 15) is 9.59 Å². The average Bonchev–Trinajstić information content (AvgIpc) is 2.91. The van der Waals surface area contributed by atoms with Crippen LogP contribution in [-0.2, 0) is 4.79 Å². The number of hydrogen-bond donors (Lipinski definition) is 2. The van der Waals surface area contributed by atoms with Gasteiger partial charge in [-0.15, -0.1) is 0 Å². The monoisotopic (exact) mass is 262 g/mol. The first-order chi connectivity index (χ1) is 9.06. The zero-order valence-electron chi connectivity index (χ0n) is 10.2. The third-order valence-electron chi connectivity index (χ3n) is 3.79. The van der Waals surface area contributed by atoms with Gasteiger partial charge in [-0.3, -0.25) is 4.79 Å². The number of nitrogen functional groups attached to an aromatic ring is 1. The third kappa shape index (κ3) is 1.87. The highest BCUT2D eigenvalue weighted by Gasteiger charge is 2.47.